The molecule has 0 aliphatic carbocycles. The second-order valence-corrected chi connectivity index (χ2v) is 8.72. The van der Waals surface area contributed by atoms with Crippen molar-refractivity contribution in [1.82, 2.24) is 9.62 Å². The third-order valence-corrected chi connectivity index (χ3v) is 5.90. The molecule has 29 heavy (non-hydrogen) atoms. The maximum absolute atomic E-state index is 12.8. The summed E-state index contributed by atoms with van der Waals surface area (Å²) in [7, 11) is 1.05. The van der Waals surface area contributed by atoms with Gasteiger partial charge in [0.2, 0.25) is 15.9 Å². The van der Waals surface area contributed by atoms with Gasteiger partial charge < -0.3 is 14.8 Å². The first-order chi connectivity index (χ1) is 13.8. The Bertz CT molecular complexity index is 916. The molecule has 7 nitrogen and oxygen atoms in total. The minimum atomic E-state index is -3.54. The van der Waals surface area contributed by atoms with E-state index < -0.39 is 16.1 Å². The third-order valence-electron chi connectivity index (χ3n) is 4.64. The van der Waals surface area contributed by atoms with Crippen molar-refractivity contribution in [2.24, 2.45) is 0 Å². The summed E-state index contributed by atoms with van der Waals surface area (Å²) >= 11 is 0. The van der Waals surface area contributed by atoms with Gasteiger partial charge in [-0.25, -0.2) is 8.42 Å². The van der Waals surface area contributed by atoms with E-state index in [4.69, 9.17) is 9.47 Å². The van der Waals surface area contributed by atoms with Crippen LogP contribution >= 0.6 is 0 Å². The number of methoxy groups -OCH3 is 2. The summed E-state index contributed by atoms with van der Waals surface area (Å²) in [6.45, 7) is 0.425. The first-order valence-electron chi connectivity index (χ1n) is 9.24. The van der Waals surface area contributed by atoms with Gasteiger partial charge in [-0.05, 0) is 36.1 Å². The number of nitrogens with one attached hydrogen (secondary N) is 1. The molecule has 2 aromatic rings. The molecule has 1 atom stereocenters. The van der Waals surface area contributed by atoms with E-state index in [-0.39, 0.29) is 5.91 Å². The van der Waals surface area contributed by atoms with E-state index >= 15 is 0 Å². The lowest BCUT2D eigenvalue weighted by atomic mass is 10.1. The van der Waals surface area contributed by atoms with Crippen molar-refractivity contribution in [2.45, 2.75) is 18.9 Å². The predicted molar refractivity (Wildman–Crippen MR) is 113 cm³/mol. The van der Waals surface area contributed by atoms with Crippen molar-refractivity contribution in [3.8, 4) is 11.5 Å². The average Bonchev–Trinajstić information content (AvgIpc) is 2.71. The van der Waals surface area contributed by atoms with Crippen LogP contribution in [0, 0.1) is 0 Å². The molecule has 0 heterocycles. The quantitative estimate of drug-likeness (QED) is 0.597. The molecule has 0 radical (unpaired) electrons. The van der Waals surface area contributed by atoms with Crippen LogP contribution in [-0.4, -0.2) is 52.7 Å². The first kappa shape index (κ1) is 22.7. The fourth-order valence-corrected chi connectivity index (χ4v) is 3.59. The summed E-state index contributed by atoms with van der Waals surface area (Å²) in [5, 5.41) is 2.85. The zero-order valence-electron chi connectivity index (χ0n) is 17.2. The lowest BCUT2D eigenvalue weighted by molar-refractivity contribution is -0.124. The molecule has 0 fully saturated rings. The number of aryl methyl sites for hydroxylation is 1. The van der Waals surface area contributed by atoms with Crippen molar-refractivity contribution >= 4 is 15.9 Å². The van der Waals surface area contributed by atoms with Crippen LogP contribution in [0.25, 0.3) is 0 Å². The van der Waals surface area contributed by atoms with Crippen molar-refractivity contribution in [1.29, 1.82) is 0 Å². The molecule has 0 unspecified atom stereocenters. The van der Waals surface area contributed by atoms with Gasteiger partial charge in [0.15, 0.2) is 11.5 Å². The predicted octanol–water partition coefficient (Wildman–Crippen LogP) is 2.39. The van der Waals surface area contributed by atoms with E-state index in [2.05, 4.69) is 5.32 Å². The maximum atomic E-state index is 12.8. The number of ether oxygens (including phenoxy) is 2. The molecular formula is C21H28N2O5S. The van der Waals surface area contributed by atoms with Crippen molar-refractivity contribution in [2.75, 3.05) is 34.1 Å². The number of likely N-dealkylation sites (N-methyl/N-ethyl adjacent to an activating group) is 1. The van der Waals surface area contributed by atoms with E-state index in [0.29, 0.717) is 30.0 Å². The zero-order chi connectivity index (χ0) is 21.4. The Morgan fingerprint density at radius 3 is 2.31 bits per heavy atom. The largest absolute Gasteiger partial charge is 0.493 e. The summed E-state index contributed by atoms with van der Waals surface area (Å²) in [5.41, 5.74) is 1.68. The Labute approximate surface area is 172 Å². The molecule has 2 rings (SSSR count). The van der Waals surface area contributed by atoms with Crippen LogP contribution in [0.5, 0.6) is 11.5 Å². The molecule has 158 valence electrons. The number of hydrogen-bond acceptors (Lipinski definition) is 5. The van der Waals surface area contributed by atoms with E-state index in [0.717, 1.165) is 22.5 Å². The number of amides is 1. The van der Waals surface area contributed by atoms with Gasteiger partial charge in [-0.15, -0.1) is 0 Å². The zero-order valence-corrected chi connectivity index (χ0v) is 18.0. The lowest BCUT2D eigenvalue weighted by Gasteiger charge is -2.25. The van der Waals surface area contributed by atoms with E-state index in [1.807, 2.05) is 24.3 Å². The standard InChI is InChI=1S/C21H28N2O5S/c1-23(29(4,25)26)20(17-10-6-5-7-11-17)21(24)22-14-8-9-16-12-13-18(27-2)19(15-16)28-3/h5-7,10-13,15,20H,8-9,14H2,1-4H3,(H,22,24)/t20-/m1/s1. The van der Waals surface area contributed by atoms with Crippen LogP contribution in [0.1, 0.15) is 23.6 Å². The Balaban J connectivity index is 2.00. The number of benzene rings is 2. The monoisotopic (exact) mass is 420 g/mol. The maximum Gasteiger partial charge on any atom is 0.242 e. The van der Waals surface area contributed by atoms with Crippen LogP contribution in [0.2, 0.25) is 0 Å². The number of nitrogens with zero attached hydrogens (tertiary/aromatic N) is 1. The van der Waals surface area contributed by atoms with Crippen molar-refractivity contribution < 1.29 is 22.7 Å². The summed E-state index contributed by atoms with van der Waals surface area (Å²) in [6, 6.07) is 13.7. The highest BCUT2D eigenvalue weighted by Gasteiger charge is 2.30. The van der Waals surface area contributed by atoms with Gasteiger partial charge in [0.25, 0.3) is 0 Å². The Kier molecular flexibility index (Phi) is 8.04. The SMILES string of the molecule is COc1ccc(CCCNC(=O)[C@@H](c2ccccc2)N(C)S(C)(=O)=O)cc1OC. The molecule has 0 saturated heterocycles. The molecular weight excluding hydrogens is 392 g/mol. The van der Waals surface area contributed by atoms with Crippen LogP contribution in [0.4, 0.5) is 0 Å². The summed E-state index contributed by atoms with van der Waals surface area (Å²) < 4.78 is 35.6. The topological polar surface area (TPSA) is 84.9 Å². The van der Waals surface area contributed by atoms with E-state index in [9.17, 15) is 13.2 Å². The molecule has 2 aromatic carbocycles. The number of sulfonamides is 1. The minimum Gasteiger partial charge on any atom is -0.493 e. The normalized spacial score (nSPS) is 12.4. The van der Waals surface area contributed by atoms with Crippen LogP contribution < -0.4 is 14.8 Å². The molecule has 0 aromatic heterocycles. The van der Waals surface area contributed by atoms with Gasteiger partial charge >= 0.3 is 0 Å². The van der Waals surface area contributed by atoms with Crippen molar-refractivity contribution in [3.05, 3.63) is 59.7 Å². The fourth-order valence-electron chi connectivity index (χ4n) is 2.99. The van der Waals surface area contributed by atoms with E-state index in [1.54, 1.807) is 38.5 Å². The van der Waals surface area contributed by atoms with Gasteiger partial charge in [-0.2, -0.15) is 4.31 Å². The summed E-state index contributed by atoms with van der Waals surface area (Å²) in [5.74, 6) is 0.975. The lowest BCUT2D eigenvalue weighted by Crippen LogP contribution is -2.41. The second-order valence-electron chi connectivity index (χ2n) is 6.68. The average molecular weight is 421 g/mol. The van der Waals surface area contributed by atoms with Crippen molar-refractivity contribution in [3.63, 3.8) is 0 Å². The van der Waals surface area contributed by atoms with Crippen LogP contribution in [0.15, 0.2) is 48.5 Å². The smallest absolute Gasteiger partial charge is 0.242 e. The molecule has 8 heteroatoms. The van der Waals surface area contributed by atoms with Crippen LogP contribution in [-0.2, 0) is 21.2 Å². The number of hydrogen-bond donors (Lipinski definition) is 1. The Hall–Kier alpha value is -2.58. The Morgan fingerprint density at radius 1 is 1.07 bits per heavy atom. The molecule has 0 aliphatic rings. The number of carbonyl (C=O) groups excluding carboxylic acids is 1. The van der Waals surface area contributed by atoms with E-state index in [1.165, 1.54) is 7.05 Å². The molecule has 0 aliphatic heterocycles. The van der Waals surface area contributed by atoms with Gasteiger partial charge in [-0.1, -0.05) is 36.4 Å². The fraction of sp³-hybridized carbons (Fsp3) is 0.381. The molecule has 0 saturated carbocycles. The third kappa shape index (κ3) is 6.20. The first-order valence-corrected chi connectivity index (χ1v) is 11.1. The highest BCUT2D eigenvalue weighted by atomic mass is 32.2. The molecule has 1 N–H and O–H groups in total. The Morgan fingerprint density at radius 2 is 1.72 bits per heavy atom. The van der Waals surface area contributed by atoms with Gasteiger partial charge in [-0.3, -0.25) is 4.79 Å². The number of carbonyl (C=O) groups is 1. The van der Waals surface area contributed by atoms with Gasteiger partial charge in [0.1, 0.15) is 6.04 Å². The van der Waals surface area contributed by atoms with Crippen LogP contribution in [0.3, 0.4) is 0 Å². The van der Waals surface area contributed by atoms with Gasteiger partial charge in [0, 0.05) is 13.6 Å². The number of rotatable bonds is 10. The molecule has 0 bridgehead atoms. The minimum absolute atomic E-state index is 0.351. The summed E-state index contributed by atoms with van der Waals surface area (Å²) in [6.07, 6.45) is 2.52. The summed E-state index contributed by atoms with van der Waals surface area (Å²) in [4.78, 5) is 12.8. The molecule has 1 amide bonds. The highest BCUT2D eigenvalue weighted by molar-refractivity contribution is 7.88. The van der Waals surface area contributed by atoms with Gasteiger partial charge in [0.05, 0.1) is 20.5 Å². The second kappa shape index (κ2) is 10.3. The highest BCUT2D eigenvalue weighted by Crippen LogP contribution is 2.28. The molecule has 0 spiro atoms.